The Kier molecular flexibility index (Phi) is 3.96. The van der Waals surface area contributed by atoms with Gasteiger partial charge in [0, 0.05) is 18.8 Å². The number of ether oxygens (including phenoxy) is 1. The van der Waals surface area contributed by atoms with E-state index in [-0.39, 0.29) is 0 Å². The number of nitrogens with zero attached hydrogens (tertiary/aromatic N) is 2. The van der Waals surface area contributed by atoms with Crippen LogP contribution in [-0.4, -0.2) is 23.6 Å². The van der Waals surface area contributed by atoms with E-state index < -0.39 is 0 Å². The summed E-state index contributed by atoms with van der Waals surface area (Å²) in [5.41, 5.74) is 0.920. The van der Waals surface area contributed by atoms with Crippen LogP contribution in [-0.2, 0) is 0 Å². The molecular weight excluding hydrogens is 228 g/mol. The Morgan fingerprint density at radius 2 is 2.06 bits per heavy atom. The second-order valence-corrected chi connectivity index (χ2v) is 3.63. The van der Waals surface area contributed by atoms with Gasteiger partial charge in [0.15, 0.2) is 5.82 Å². The molecule has 0 radical (unpaired) electrons. The molecule has 2 rings (SSSR count). The molecule has 2 N–H and O–H groups in total. The lowest BCUT2D eigenvalue weighted by atomic mass is 10.3. The standard InChI is InChI=1S/C13H16N4O/c1-3-18-11-6-4-5-10(7-11)16-13-9-15-8-12(14-2)17-13/h4-9H,3H2,1-2H3,(H2,14,16,17). The van der Waals surface area contributed by atoms with Crippen molar-refractivity contribution in [2.24, 2.45) is 0 Å². The number of rotatable bonds is 5. The molecule has 5 nitrogen and oxygen atoms in total. The molecule has 0 aliphatic rings. The largest absolute Gasteiger partial charge is 0.494 e. The molecule has 0 unspecified atom stereocenters. The Morgan fingerprint density at radius 3 is 2.83 bits per heavy atom. The number of aromatic nitrogens is 2. The number of hydrogen-bond acceptors (Lipinski definition) is 5. The van der Waals surface area contributed by atoms with Gasteiger partial charge in [0.25, 0.3) is 0 Å². The molecule has 0 fully saturated rings. The first-order valence-corrected chi connectivity index (χ1v) is 5.81. The third-order valence-corrected chi connectivity index (χ3v) is 2.31. The van der Waals surface area contributed by atoms with Crippen LogP contribution in [0.5, 0.6) is 5.75 Å². The average Bonchev–Trinajstić information content (AvgIpc) is 2.40. The van der Waals surface area contributed by atoms with Crippen LogP contribution in [0.25, 0.3) is 0 Å². The first kappa shape index (κ1) is 12.2. The van der Waals surface area contributed by atoms with E-state index in [0.29, 0.717) is 12.4 Å². The lowest BCUT2D eigenvalue weighted by Crippen LogP contribution is -1.99. The SMILES string of the molecule is CCOc1cccc(Nc2cncc(NC)n2)c1. The van der Waals surface area contributed by atoms with Gasteiger partial charge in [0.1, 0.15) is 11.6 Å². The molecule has 18 heavy (non-hydrogen) atoms. The second-order valence-electron chi connectivity index (χ2n) is 3.63. The number of hydrogen-bond donors (Lipinski definition) is 2. The molecule has 0 bridgehead atoms. The van der Waals surface area contributed by atoms with Gasteiger partial charge in [0.2, 0.25) is 0 Å². The predicted molar refractivity (Wildman–Crippen MR) is 72.5 cm³/mol. The topological polar surface area (TPSA) is 59.1 Å². The van der Waals surface area contributed by atoms with E-state index in [2.05, 4.69) is 20.6 Å². The van der Waals surface area contributed by atoms with Gasteiger partial charge in [-0.1, -0.05) is 6.07 Å². The van der Waals surface area contributed by atoms with Crippen molar-refractivity contribution in [3.63, 3.8) is 0 Å². The Bertz CT molecular complexity index is 516. The average molecular weight is 244 g/mol. The number of anilines is 3. The monoisotopic (exact) mass is 244 g/mol. The maximum absolute atomic E-state index is 5.44. The molecule has 1 aromatic carbocycles. The van der Waals surface area contributed by atoms with Crippen molar-refractivity contribution >= 4 is 17.3 Å². The zero-order chi connectivity index (χ0) is 12.8. The van der Waals surface area contributed by atoms with Gasteiger partial charge >= 0.3 is 0 Å². The van der Waals surface area contributed by atoms with Crippen LogP contribution < -0.4 is 15.4 Å². The molecule has 1 aromatic heterocycles. The third kappa shape index (κ3) is 3.10. The lowest BCUT2D eigenvalue weighted by molar-refractivity contribution is 0.340. The van der Waals surface area contributed by atoms with E-state index in [0.717, 1.165) is 17.3 Å². The number of nitrogens with one attached hydrogen (secondary N) is 2. The second kappa shape index (κ2) is 5.86. The zero-order valence-electron chi connectivity index (χ0n) is 10.5. The van der Waals surface area contributed by atoms with Gasteiger partial charge in [-0.05, 0) is 19.1 Å². The van der Waals surface area contributed by atoms with Crippen LogP contribution in [0.4, 0.5) is 17.3 Å². The van der Waals surface area contributed by atoms with Crippen molar-refractivity contribution in [2.45, 2.75) is 6.92 Å². The van der Waals surface area contributed by atoms with Crippen molar-refractivity contribution in [3.05, 3.63) is 36.7 Å². The van der Waals surface area contributed by atoms with Gasteiger partial charge in [-0.3, -0.25) is 4.98 Å². The van der Waals surface area contributed by atoms with E-state index in [1.54, 1.807) is 12.4 Å². The third-order valence-electron chi connectivity index (χ3n) is 2.31. The molecule has 2 aromatic rings. The molecular formula is C13H16N4O. The Balaban J connectivity index is 2.14. The van der Waals surface area contributed by atoms with Gasteiger partial charge in [-0.25, -0.2) is 4.98 Å². The molecule has 0 aliphatic heterocycles. The molecule has 0 aliphatic carbocycles. The summed E-state index contributed by atoms with van der Waals surface area (Å²) in [5, 5.41) is 6.13. The highest BCUT2D eigenvalue weighted by molar-refractivity contribution is 5.58. The molecule has 0 saturated carbocycles. The van der Waals surface area contributed by atoms with E-state index in [9.17, 15) is 0 Å². The Labute approximate surface area is 106 Å². The minimum absolute atomic E-state index is 0.651. The summed E-state index contributed by atoms with van der Waals surface area (Å²) in [6, 6.07) is 7.74. The lowest BCUT2D eigenvalue weighted by Gasteiger charge is -2.08. The molecule has 0 amide bonds. The minimum atomic E-state index is 0.651. The Morgan fingerprint density at radius 1 is 1.22 bits per heavy atom. The zero-order valence-corrected chi connectivity index (χ0v) is 10.5. The molecule has 0 spiro atoms. The van der Waals surface area contributed by atoms with E-state index in [1.807, 2.05) is 38.2 Å². The van der Waals surface area contributed by atoms with Gasteiger partial charge < -0.3 is 15.4 Å². The van der Waals surface area contributed by atoms with E-state index in [4.69, 9.17) is 4.74 Å². The summed E-state index contributed by atoms with van der Waals surface area (Å²) in [6.07, 6.45) is 3.34. The maximum atomic E-state index is 5.44. The first-order valence-electron chi connectivity index (χ1n) is 5.81. The van der Waals surface area contributed by atoms with Gasteiger partial charge in [-0.2, -0.15) is 0 Å². The summed E-state index contributed by atoms with van der Waals surface area (Å²) >= 11 is 0. The van der Waals surface area contributed by atoms with Crippen LogP contribution in [0.2, 0.25) is 0 Å². The molecule has 0 saturated heterocycles. The molecule has 94 valence electrons. The first-order chi connectivity index (χ1) is 8.81. The van der Waals surface area contributed by atoms with Crippen LogP contribution in [0.15, 0.2) is 36.7 Å². The summed E-state index contributed by atoms with van der Waals surface area (Å²) in [6.45, 7) is 2.61. The predicted octanol–water partition coefficient (Wildman–Crippen LogP) is 2.66. The smallest absolute Gasteiger partial charge is 0.151 e. The highest BCUT2D eigenvalue weighted by Crippen LogP contribution is 2.20. The van der Waals surface area contributed by atoms with Crippen molar-refractivity contribution in [1.82, 2.24) is 9.97 Å². The van der Waals surface area contributed by atoms with Crippen molar-refractivity contribution in [1.29, 1.82) is 0 Å². The van der Waals surface area contributed by atoms with Crippen LogP contribution in [0, 0.1) is 0 Å². The quantitative estimate of drug-likeness (QED) is 0.846. The molecule has 1 heterocycles. The summed E-state index contributed by atoms with van der Waals surface area (Å²) in [5.74, 6) is 2.25. The highest BCUT2D eigenvalue weighted by Gasteiger charge is 2.00. The fraction of sp³-hybridized carbons (Fsp3) is 0.231. The molecule has 0 atom stereocenters. The summed E-state index contributed by atoms with van der Waals surface area (Å²) in [7, 11) is 1.81. The highest BCUT2D eigenvalue weighted by atomic mass is 16.5. The van der Waals surface area contributed by atoms with Crippen LogP contribution in [0.3, 0.4) is 0 Å². The van der Waals surface area contributed by atoms with E-state index in [1.165, 1.54) is 0 Å². The van der Waals surface area contributed by atoms with Crippen molar-refractivity contribution in [2.75, 3.05) is 24.3 Å². The number of benzene rings is 1. The summed E-state index contributed by atoms with van der Waals surface area (Å²) < 4.78 is 5.44. The Hall–Kier alpha value is -2.30. The maximum Gasteiger partial charge on any atom is 0.151 e. The fourth-order valence-electron chi connectivity index (χ4n) is 1.52. The van der Waals surface area contributed by atoms with Crippen molar-refractivity contribution in [3.8, 4) is 5.75 Å². The van der Waals surface area contributed by atoms with Crippen LogP contribution >= 0.6 is 0 Å². The van der Waals surface area contributed by atoms with Gasteiger partial charge in [0.05, 0.1) is 19.0 Å². The normalized spacial score (nSPS) is 9.89. The summed E-state index contributed by atoms with van der Waals surface area (Å²) in [4.78, 5) is 8.43. The van der Waals surface area contributed by atoms with Gasteiger partial charge in [-0.15, -0.1) is 0 Å². The van der Waals surface area contributed by atoms with E-state index >= 15 is 0 Å². The van der Waals surface area contributed by atoms with Crippen LogP contribution in [0.1, 0.15) is 6.92 Å². The fourth-order valence-corrected chi connectivity index (χ4v) is 1.52. The minimum Gasteiger partial charge on any atom is -0.494 e. The van der Waals surface area contributed by atoms with Crippen molar-refractivity contribution < 1.29 is 4.74 Å². The molecule has 5 heteroatoms.